The van der Waals surface area contributed by atoms with Crippen molar-refractivity contribution in [3.63, 3.8) is 0 Å². The Bertz CT molecular complexity index is 441. The van der Waals surface area contributed by atoms with E-state index in [-0.39, 0.29) is 24.5 Å². The van der Waals surface area contributed by atoms with Gasteiger partial charge in [0.2, 0.25) is 0 Å². The molecule has 0 aromatic rings. The molecule has 2 aliphatic heterocycles. The largest absolute Gasteiger partial charge is 0.481 e. The maximum Gasteiger partial charge on any atom is 0.315 e. The first kappa shape index (κ1) is 26.1. The highest BCUT2D eigenvalue weighted by atomic mass is 32.2. The van der Waals surface area contributed by atoms with Crippen LogP contribution in [-0.2, 0) is 4.79 Å². The number of carboxylic acids is 1. The molecule has 0 radical (unpaired) electrons. The molecule has 5 N–H and O–H groups in total. The number of fused-ring (bicyclic) bond motifs is 1. The van der Waals surface area contributed by atoms with Crippen molar-refractivity contribution >= 4 is 23.8 Å². The number of nitrogens with one attached hydrogen (secondary N) is 2. The Morgan fingerprint density at radius 1 is 1.00 bits per heavy atom. The average Bonchev–Trinajstić information content (AvgIpc) is 3.24. The summed E-state index contributed by atoms with van der Waals surface area (Å²) >= 11 is 1.87. The lowest BCUT2D eigenvalue weighted by molar-refractivity contribution is -0.137. The first-order valence-electron chi connectivity index (χ1n) is 11.7. The van der Waals surface area contributed by atoms with Gasteiger partial charge in [-0.25, -0.2) is 4.79 Å². The quantitative estimate of drug-likeness (QED) is 0.224. The number of unbranched alkanes of at least 4 members (excludes halogenated alkanes) is 10. The number of amides is 2. The molecule has 0 spiro atoms. The van der Waals surface area contributed by atoms with E-state index < -0.39 is 5.97 Å². The predicted octanol–water partition coefficient (Wildman–Crippen LogP) is 4.66. The van der Waals surface area contributed by atoms with E-state index in [9.17, 15) is 9.59 Å². The molecule has 0 saturated carbocycles. The molecule has 7 heteroatoms. The fraction of sp³-hybridized carbons (Fsp3) is 0.909. The van der Waals surface area contributed by atoms with Gasteiger partial charge >= 0.3 is 12.0 Å². The Labute approximate surface area is 181 Å². The van der Waals surface area contributed by atoms with E-state index in [1.54, 1.807) is 0 Å². The number of carbonyl (C=O) groups excluding carboxylic acids is 1. The maximum absolute atomic E-state index is 11.1. The fourth-order valence-corrected chi connectivity index (χ4v) is 5.44. The summed E-state index contributed by atoms with van der Waals surface area (Å²) in [4.78, 5) is 21.5. The zero-order valence-corrected chi connectivity index (χ0v) is 19.1. The van der Waals surface area contributed by atoms with Gasteiger partial charge in [-0.05, 0) is 25.8 Å². The molecular formula is C22H43N3O3S. The summed E-state index contributed by atoms with van der Waals surface area (Å²) in [6.07, 6.45) is 16.8. The summed E-state index contributed by atoms with van der Waals surface area (Å²) in [5, 5.41) is 14.8. The molecule has 0 bridgehead atoms. The maximum atomic E-state index is 11.1. The number of hydrogen-bond acceptors (Lipinski definition) is 4. The van der Waals surface area contributed by atoms with Crippen LogP contribution in [0.5, 0.6) is 0 Å². The van der Waals surface area contributed by atoms with E-state index >= 15 is 0 Å². The van der Waals surface area contributed by atoms with Crippen LogP contribution in [0, 0.1) is 0 Å². The first-order chi connectivity index (χ1) is 14.1. The van der Waals surface area contributed by atoms with Crippen molar-refractivity contribution in [2.24, 2.45) is 5.73 Å². The molecule has 0 aromatic heterocycles. The van der Waals surface area contributed by atoms with Crippen LogP contribution in [-0.4, -0.2) is 46.7 Å². The Hall–Kier alpha value is -0.950. The summed E-state index contributed by atoms with van der Waals surface area (Å²) in [7, 11) is 0. The molecule has 29 heavy (non-hydrogen) atoms. The van der Waals surface area contributed by atoms with Crippen molar-refractivity contribution in [3.05, 3.63) is 0 Å². The van der Waals surface area contributed by atoms with Crippen molar-refractivity contribution < 1.29 is 14.7 Å². The first-order valence-corrected chi connectivity index (χ1v) is 12.7. The number of carboxylic acid groups (broad SMARTS) is 1. The summed E-state index contributed by atoms with van der Waals surface area (Å²) in [6.45, 7) is 3.14. The van der Waals surface area contributed by atoms with Crippen LogP contribution in [0.25, 0.3) is 0 Å². The number of hydrogen-bond donors (Lipinski definition) is 4. The lowest BCUT2D eigenvalue weighted by atomic mass is 10.0. The van der Waals surface area contributed by atoms with Crippen molar-refractivity contribution in [2.75, 3.05) is 12.3 Å². The number of carbonyl (C=O) groups is 2. The molecule has 0 aromatic carbocycles. The highest BCUT2D eigenvalue weighted by Crippen LogP contribution is 2.33. The number of rotatable bonds is 15. The summed E-state index contributed by atoms with van der Waals surface area (Å²) in [5.74, 6) is 0.236. The Morgan fingerprint density at radius 2 is 1.62 bits per heavy atom. The van der Waals surface area contributed by atoms with Crippen LogP contribution < -0.4 is 16.4 Å². The molecule has 2 rings (SSSR count). The van der Waals surface area contributed by atoms with Crippen molar-refractivity contribution in [3.8, 4) is 0 Å². The van der Waals surface area contributed by atoms with Crippen LogP contribution in [0.1, 0.15) is 96.8 Å². The zero-order valence-electron chi connectivity index (χ0n) is 18.3. The summed E-state index contributed by atoms with van der Waals surface area (Å²) < 4.78 is 0. The predicted molar refractivity (Wildman–Crippen MR) is 122 cm³/mol. The second-order valence-corrected chi connectivity index (χ2v) is 9.50. The van der Waals surface area contributed by atoms with Gasteiger partial charge in [0.15, 0.2) is 0 Å². The summed E-state index contributed by atoms with van der Waals surface area (Å²) in [6, 6.07) is 0.440. The van der Waals surface area contributed by atoms with Crippen LogP contribution >= 0.6 is 11.8 Å². The van der Waals surface area contributed by atoms with Gasteiger partial charge in [-0.2, -0.15) is 11.8 Å². The minimum atomic E-state index is -0.729. The van der Waals surface area contributed by atoms with Gasteiger partial charge in [0.25, 0.3) is 0 Å². The smallest absolute Gasteiger partial charge is 0.315 e. The molecule has 2 amide bonds. The lowest BCUT2D eigenvalue weighted by Crippen LogP contribution is -2.36. The van der Waals surface area contributed by atoms with Crippen molar-refractivity contribution in [1.82, 2.24) is 10.6 Å². The van der Waals surface area contributed by atoms with E-state index in [0.717, 1.165) is 31.6 Å². The number of thioether (sulfide) groups is 1. The topological polar surface area (TPSA) is 104 Å². The molecule has 2 aliphatic rings. The normalized spacial score (nSPS) is 22.4. The van der Waals surface area contributed by atoms with E-state index in [0.29, 0.717) is 5.25 Å². The average molecular weight is 430 g/mol. The van der Waals surface area contributed by atoms with Crippen molar-refractivity contribution in [2.45, 2.75) is 114 Å². The van der Waals surface area contributed by atoms with Gasteiger partial charge in [0.05, 0.1) is 12.1 Å². The van der Waals surface area contributed by atoms with Crippen LogP contribution in [0.15, 0.2) is 0 Å². The second kappa shape index (κ2) is 16.8. The van der Waals surface area contributed by atoms with Gasteiger partial charge < -0.3 is 21.5 Å². The van der Waals surface area contributed by atoms with E-state index in [1.807, 2.05) is 11.8 Å². The third kappa shape index (κ3) is 12.4. The van der Waals surface area contributed by atoms with Gasteiger partial charge in [-0.1, -0.05) is 71.1 Å². The molecule has 6 nitrogen and oxygen atoms in total. The van der Waals surface area contributed by atoms with Crippen LogP contribution in [0.4, 0.5) is 4.79 Å². The molecule has 3 atom stereocenters. The Morgan fingerprint density at radius 3 is 2.21 bits per heavy atom. The highest BCUT2D eigenvalue weighted by molar-refractivity contribution is 8.00. The number of urea groups is 1. The molecule has 2 heterocycles. The third-order valence-electron chi connectivity index (χ3n) is 5.63. The Kier molecular flexibility index (Phi) is 15.1. The standard InChI is InChI=1S/C12H27N.C10H16N2O3S/c1-2-3-4-5-6-7-8-9-10-11-12-13;13-8(14)4-2-1-3-7-9-6(5-16-7)11-10(15)12-9/h2-13H2,1H3;6-7,9H,1-5H2,(H,13,14)(H2,11,12,15)/t;6-,7-,9-/m.0/s1. The lowest BCUT2D eigenvalue weighted by Gasteiger charge is -2.16. The highest BCUT2D eigenvalue weighted by Gasteiger charge is 2.42. The summed E-state index contributed by atoms with van der Waals surface area (Å²) in [5.41, 5.74) is 5.42. The van der Waals surface area contributed by atoms with Crippen molar-refractivity contribution in [1.29, 1.82) is 0 Å². The monoisotopic (exact) mass is 429 g/mol. The number of aliphatic carboxylic acids is 1. The molecule has 0 aliphatic carbocycles. The number of nitrogens with two attached hydrogens (primary N) is 1. The second-order valence-electron chi connectivity index (χ2n) is 8.23. The van der Waals surface area contributed by atoms with Gasteiger partial charge in [0.1, 0.15) is 0 Å². The van der Waals surface area contributed by atoms with Gasteiger partial charge in [-0.15, -0.1) is 0 Å². The minimum Gasteiger partial charge on any atom is -0.481 e. The fourth-order valence-electron chi connectivity index (χ4n) is 3.90. The molecule has 2 saturated heterocycles. The zero-order chi connectivity index (χ0) is 21.3. The van der Waals surface area contributed by atoms with Crippen LogP contribution in [0.2, 0.25) is 0 Å². The molecule has 2 fully saturated rings. The van der Waals surface area contributed by atoms with Gasteiger partial charge in [0, 0.05) is 17.4 Å². The van der Waals surface area contributed by atoms with Gasteiger partial charge in [-0.3, -0.25) is 4.79 Å². The van der Waals surface area contributed by atoms with E-state index in [1.165, 1.54) is 64.2 Å². The third-order valence-corrected chi connectivity index (χ3v) is 7.13. The minimum absolute atomic E-state index is 0.0640. The Balaban J connectivity index is 0.000000298. The molecular weight excluding hydrogens is 386 g/mol. The van der Waals surface area contributed by atoms with E-state index in [4.69, 9.17) is 10.8 Å². The molecule has 0 unspecified atom stereocenters. The molecule has 170 valence electrons. The van der Waals surface area contributed by atoms with E-state index in [2.05, 4.69) is 17.6 Å². The van der Waals surface area contributed by atoms with Crippen LogP contribution in [0.3, 0.4) is 0 Å². The SMILES string of the molecule is CCCCCCCCCCCCN.O=C(O)CCCC[C@@H]1SC[C@@H]2NC(=O)N[C@@H]21.